The van der Waals surface area contributed by atoms with E-state index in [0.717, 1.165) is 11.3 Å². The second-order valence-electron chi connectivity index (χ2n) is 4.32. The van der Waals surface area contributed by atoms with Crippen molar-refractivity contribution in [3.8, 4) is 0 Å². The van der Waals surface area contributed by atoms with Gasteiger partial charge in [-0.2, -0.15) is 0 Å². The molecule has 0 saturated carbocycles. The Morgan fingerprint density at radius 2 is 1.94 bits per heavy atom. The summed E-state index contributed by atoms with van der Waals surface area (Å²) in [5, 5.41) is 0.00658. The monoisotopic (exact) mass is 239 g/mol. The molecule has 0 radical (unpaired) electrons. The topological polar surface area (TPSA) is 43.1 Å². The summed E-state index contributed by atoms with van der Waals surface area (Å²) in [6.07, 6.45) is 0.859. The Balaban J connectivity index is 2.92. The van der Waals surface area contributed by atoms with Crippen molar-refractivity contribution in [1.82, 2.24) is 0 Å². The first-order valence-corrected chi connectivity index (χ1v) is 6.92. The van der Waals surface area contributed by atoms with Gasteiger partial charge in [-0.3, -0.25) is 4.21 Å². The van der Waals surface area contributed by atoms with Gasteiger partial charge in [-0.15, -0.1) is 0 Å². The van der Waals surface area contributed by atoms with Crippen LogP contribution in [0.3, 0.4) is 0 Å². The summed E-state index contributed by atoms with van der Waals surface area (Å²) >= 11 is 0. The van der Waals surface area contributed by atoms with Crippen LogP contribution in [0.25, 0.3) is 0 Å². The van der Waals surface area contributed by atoms with Crippen molar-refractivity contribution < 1.29 is 4.21 Å². The first-order chi connectivity index (χ1) is 7.47. The van der Waals surface area contributed by atoms with Gasteiger partial charge in [0.25, 0.3) is 0 Å². The van der Waals surface area contributed by atoms with E-state index < -0.39 is 10.8 Å². The zero-order chi connectivity index (χ0) is 12.3. The Morgan fingerprint density at radius 1 is 1.31 bits per heavy atom. The molecule has 3 unspecified atom stereocenters. The molecule has 0 aromatic heterocycles. The molecular weight excluding hydrogens is 218 g/mol. The molecular formula is C13H21NOS. The summed E-state index contributed by atoms with van der Waals surface area (Å²) in [6.45, 7) is 8.09. The SMILES string of the molecule is CCC(N)C(C)S(=O)c1ccc(C)c(C)c1. The molecule has 0 spiro atoms. The molecule has 0 amide bonds. The standard InChI is InChI=1S/C13H21NOS/c1-5-13(14)11(4)16(15)12-7-6-9(2)10(3)8-12/h6-8,11,13H,5,14H2,1-4H3. The molecule has 0 saturated heterocycles. The van der Waals surface area contributed by atoms with E-state index in [4.69, 9.17) is 5.73 Å². The number of aryl methyl sites for hydroxylation is 2. The van der Waals surface area contributed by atoms with Gasteiger partial charge in [0.2, 0.25) is 0 Å². The molecule has 16 heavy (non-hydrogen) atoms. The minimum Gasteiger partial charge on any atom is -0.327 e. The Bertz CT molecular complexity index is 390. The summed E-state index contributed by atoms with van der Waals surface area (Å²) in [5.41, 5.74) is 8.34. The van der Waals surface area contributed by atoms with E-state index in [9.17, 15) is 4.21 Å². The fourth-order valence-corrected chi connectivity index (χ4v) is 2.98. The number of hydrogen-bond acceptors (Lipinski definition) is 2. The third kappa shape index (κ3) is 2.92. The van der Waals surface area contributed by atoms with Gasteiger partial charge in [-0.05, 0) is 50.5 Å². The predicted molar refractivity (Wildman–Crippen MR) is 70.1 cm³/mol. The van der Waals surface area contributed by atoms with Crippen molar-refractivity contribution >= 4 is 10.8 Å². The van der Waals surface area contributed by atoms with Gasteiger partial charge in [0.15, 0.2) is 0 Å². The maximum Gasteiger partial charge on any atom is 0.0573 e. The van der Waals surface area contributed by atoms with E-state index >= 15 is 0 Å². The molecule has 90 valence electrons. The van der Waals surface area contributed by atoms with E-state index in [1.54, 1.807) is 0 Å². The van der Waals surface area contributed by atoms with Crippen LogP contribution in [0, 0.1) is 13.8 Å². The lowest BCUT2D eigenvalue weighted by atomic mass is 10.1. The molecule has 3 heteroatoms. The quantitative estimate of drug-likeness (QED) is 0.877. The average molecular weight is 239 g/mol. The van der Waals surface area contributed by atoms with Crippen molar-refractivity contribution in [2.45, 2.75) is 50.3 Å². The molecule has 0 aliphatic rings. The van der Waals surface area contributed by atoms with Crippen LogP contribution < -0.4 is 5.73 Å². The number of hydrogen-bond donors (Lipinski definition) is 1. The van der Waals surface area contributed by atoms with Crippen molar-refractivity contribution in [3.05, 3.63) is 29.3 Å². The molecule has 0 aliphatic carbocycles. The highest BCUT2D eigenvalue weighted by Crippen LogP contribution is 2.17. The molecule has 1 aromatic carbocycles. The van der Waals surface area contributed by atoms with Crippen LogP contribution in [0.5, 0.6) is 0 Å². The zero-order valence-corrected chi connectivity index (χ0v) is 11.3. The average Bonchev–Trinajstić information content (AvgIpc) is 2.29. The summed E-state index contributed by atoms with van der Waals surface area (Å²) in [5.74, 6) is 0. The van der Waals surface area contributed by atoms with Gasteiger partial charge >= 0.3 is 0 Å². The molecule has 1 rings (SSSR count). The van der Waals surface area contributed by atoms with Crippen LogP contribution in [0.4, 0.5) is 0 Å². The third-order valence-electron chi connectivity index (χ3n) is 3.12. The highest BCUT2D eigenvalue weighted by molar-refractivity contribution is 7.85. The van der Waals surface area contributed by atoms with Gasteiger partial charge in [-0.25, -0.2) is 0 Å². The van der Waals surface area contributed by atoms with Crippen LogP contribution in [0.2, 0.25) is 0 Å². The van der Waals surface area contributed by atoms with Crippen molar-refractivity contribution in [2.75, 3.05) is 0 Å². The Labute approximate surface area is 101 Å². The van der Waals surface area contributed by atoms with E-state index in [1.807, 2.05) is 39.0 Å². The number of benzene rings is 1. The normalized spacial score (nSPS) is 16.8. The van der Waals surface area contributed by atoms with Crippen molar-refractivity contribution in [2.24, 2.45) is 5.73 Å². The van der Waals surface area contributed by atoms with Crippen molar-refractivity contribution in [1.29, 1.82) is 0 Å². The van der Waals surface area contributed by atoms with E-state index in [1.165, 1.54) is 11.1 Å². The Morgan fingerprint density at radius 3 is 2.44 bits per heavy atom. The molecule has 0 fully saturated rings. The largest absolute Gasteiger partial charge is 0.327 e. The second kappa shape index (κ2) is 5.60. The van der Waals surface area contributed by atoms with E-state index in [-0.39, 0.29) is 11.3 Å². The molecule has 3 atom stereocenters. The number of nitrogens with two attached hydrogens (primary N) is 1. The number of rotatable bonds is 4. The second-order valence-corrected chi connectivity index (χ2v) is 6.13. The molecule has 0 bridgehead atoms. The van der Waals surface area contributed by atoms with Crippen LogP contribution in [-0.2, 0) is 10.8 Å². The molecule has 1 aromatic rings. The van der Waals surface area contributed by atoms with Crippen LogP contribution >= 0.6 is 0 Å². The maximum atomic E-state index is 12.2. The Kier molecular flexibility index (Phi) is 4.69. The third-order valence-corrected chi connectivity index (χ3v) is 4.87. The van der Waals surface area contributed by atoms with Gasteiger partial charge in [-0.1, -0.05) is 13.0 Å². The zero-order valence-electron chi connectivity index (χ0n) is 10.5. The van der Waals surface area contributed by atoms with Gasteiger partial charge in [0.1, 0.15) is 0 Å². The molecule has 0 heterocycles. The van der Waals surface area contributed by atoms with Gasteiger partial charge < -0.3 is 5.73 Å². The minimum atomic E-state index is -1.00. The first kappa shape index (κ1) is 13.4. The lowest BCUT2D eigenvalue weighted by molar-refractivity contribution is 0.610. The van der Waals surface area contributed by atoms with Crippen LogP contribution in [0.1, 0.15) is 31.4 Å². The van der Waals surface area contributed by atoms with E-state index in [2.05, 4.69) is 6.92 Å². The summed E-state index contributed by atoms with van der Waals surface area (Å²) in [7, 11) is -1.00. The lowest BCUT2D eigenvalue weighted by Gasteiger charge is -2.18. The maximum absolute atomic E-state index is 12.2. The summed E-state index contributed by atoms with van der Waals surface area (Å²) in [6, 6.07) is 5.97. The minimum absolute atomic E-state index is 0.00226. The highest BCUT2D eigenvalue weighted by atomic mass is 32.2. The first-order valence-electron chi connectivity index (χ1n) is 5.70. The van der Waals surface area contributed by atoms with Crippen LogP contribution in [0.15, 0.2) is 23.1 Å². The van der Waals surface area contributed by atoms with Gasteiger partial charge in [0.05, 0.1) is 16.0 Å². The van der Waals surface area contributed by atoms with Crippen molar-refractivity contribution in [3.63, 3.8) is 0 Å². The highest BCUT2D eigenvalue weighted by Gasteiger charge is 2.19. The molecule has 2 nitrogen and oxygen atoms in total. The Hall–Kier alpha value is -0.670. The molecule has 2 N–H and O–H groups in total. The lowest BCUT2D eigenvalue weighted by Crippen LogP contribution is -2.34. The van der Waals surface area contributed by atoms with Crippen LogP contribution in [-0.4, -0.2) is 15.5 Å². The fourth-order valence-electron chi connectivity index (χ4n) is 1.54. The smallest absolute Gasteiger partial charge is 0.0573 e. The predicted octanol–water partition coefficient (Wildman–Crippen LogP) is 2.54. The summed E-state index contributed by atoms with van der Waals surface area (Å²) < 4.78 is 12.2. The van der Waals surface area contributed by atoms with E-state index in [0.29, 0.717) is 0 Å². The summed E-state index contributed by atoms with van der Waals surface area (Å²) in [4.78, 5) is 0.888. The fraction of sp³-hybridized carbons (Fsp3) is 0.538. The molecule has 0 aliphatic heterocycles. The van der Waals surface area contributed by atoms with Gasteiger partial charge in [0, 0.05) is 10.9 Å².